The Morgan fingerprint density at radius 1 is 1.09 bits per heavy atom. The number of hydrogen-bond donors (Lipinski definition) is 2. The summed E-state index contributed by atoms with van der Waals surface area (Å²) in [4.78, 5) is 40.8. The number of para-hydroxylation sites is 1. The van der Waals surface area contributed by atoms with E-state index in [0.717, 1.165) is 16.8 Å². The van der Waals surface area contributed by atoms with Gasteiger partial charge in [0.05, 0.1) is 28.6 Å². The van der Waals surface area contributed by atoms with Crippen molar-refractivity contribution in [3.8, 4) is 0 Å². The summed E-state index contributed by atoms with van der Waals surface area (Å²) in [6, 6.07) is 17.9. The maximum atomic E-state index is 13.6. The summed E-state index contributed by atoms with van der Waals surface area (Å²) >= 11 is 13.1. The number of nitrogens with zero attached hydrogens (tertiary/aromatic N) is 2. The Bertz CT molecular complexity index is 1620. The van der Waals surface area contributed by atoms with Gasteiger partial charge < -0.3 is 20.7 Å². The van der Waals surface area contributed by atoms with Crippen LogP contribution in [-0.2, 0) is 27.4 Å². The molecule has 0 radical (unpaired) electrons. The Labute approximate surface area is 261 Å². The van der Waals surface area contributed by atoms with Crippen LogP contribution in [-0.4, -0.2) is 37.9 Å². The maximum absolute atomic E-state index is 13.6. The lowest BCUT2D eigenvalue weighted by molar-refractivity contribution is -0.117. The van der Waals surface area contributed by atoms with Crippen LogP contribution in [0.4, 0.5) is 11.4 Å². The first-order chi connectivity index (χ1) is 20.7. The first kappa shape index (κ1) is 31.6. The number of amides is 3. The SMILES string of the molecule is C=CCNC(=O)c1ccc(C=CC(=O)N2C(C)=C(OCc3c(Cl)ccc(N(C)C(=O)CN)c3Cl)Cc3ccccc32)cc1. The quantitative estimate of drug-likeness (QED) is 0.218. The van der Waals surface area contributed by atoms with Gasteiger partial charge in [-0.05, 0) is 54.5 Å². The number of fused-ring (bicyclic) bond motifs is 1. The number of anilines is 2. The summed E-state index contributed by atoms with van der Waals surface area (Å²) in [5.74, 6) is -0.182. The number of allylic oxidation sites excluding steroid dienone is 2. The molecule has 0 spiro atoms. The summed E-state index contributed by atoms with van der Waals surface area (Å²) in [5.41, 5.74) is 10.1. The Morgan fingerprint density at radius 2 is 1.81 bits per heavy atom. The molecule has 10 heteroatoms. The van der Waals surface area contributed by atoms with E-state index >= 15 is 0 Å². The van der Waals surface area contributed by atoms with E-state index in [2.05, 4.69) is 11.9 Å². The average Bonchev–Trinajstić information content (AvgIpc) is 3.02. The molecule has 3 N–H and O–H groups in total. The second-order valence-electron chi connectivity index (χ2n) is 9.75. The van der Waals surface area contributed by atoms with E-state index in [1.54, 1.807) is 60.5 Å². The molecule has 3 amide bonds. The third kappa shape index (κ3) is 7.17. The number of likely N-dealkylation sites (N-methyl/N-ethyl adjacent to an activating group) is 1. The van der Waals surface area contributed by atoms with Gasteiger partial charge in [-0.3, -0.25) is 19.3 Å². The van der Waals surface area contributed by atoms with E-state index in [9.17, 15) is 14.4 Å². The highest BCUT2D eigenvalue weighted by Gasteiger charge is 2.28. The summed E-state index contributed by atoms with van der Waals surface area (Å²) in [6.45, 7) is 5.66. The lowest BCUT2D eigenvalue weighted by Gasteiger charge is -2.31. The van der Waals surface area contributed by atoms with Gasteiger partial charge in [-0.1, -0.05) is 59.6 Å². The van der Waals surface area contributed by atoms with Crippen molar-refractivity contribution in [2.24, 2.45) is 5.73 Å². The third-order valence-electron chi connectivity index (χ3n) is 7.01. The molecule has 1 aliphatic heterocycles. The van der Waals surface area contributed by atoms with E-state index in [-0.39, 0.29) is 35.9 Å². The van der Waals surface area contributed by atoms with E-state index in [1.807, 2.05) is 31.2 Å². The van der Waals surface area contributed by atoms with Crippen LogP contribution in [0.3, 0.4) is 0 Å². The number of halogens is 2. The minimum atomic E-state index is -0.300. The zero-order valence-electron chi connectivity index (χ0n) is 23.9. The predicted molar refractivity (Wildman–Crippen MR) is 172 cm³/mol. The number of carbonyl (C=O) groups excluding carboxylic acids is 3. The number of nitrogens with one attached hydrogen (secondary N) is 1. The van der Waals surface area contributed by atoms with Gasteiger partial charge in [-0.2, -0.15) is 0 Å². The minimum Gasteiger partial charge on any atom is -0.491 e. The van der Waals surface area contributed by atoms with Gasteiger partial charge in [0, 0.05) is 42.2 Å². The van der Waals surface area contributed by atoms with Gasteiger partial charge in [0.15, 0.2) is 0 Å². The fraction of sp³-hybridized carbons (Fsp3) is 0.182. The summed E-state index contributed by atoms with van der Waals surface area (Å²) < 4.78 is 6.25. The average molecular weight is 620 g/mol. The number of ether oxygens (including phenoxy) is 1. The largest absolute Gasteiger partial charge is 0.491 e. The smallest absolute Gasteiger partial charge is 0.255 e. The highest BCUT2D eigenvalue weighted by Crippen LogP contribution is 2.37. The molecule has 1 aliphatic rings. The van der Waals surface area contributed by atoms with Gasteiger partial charge in [-0.25, -0.2) is 0 Å². The molecular weight excluding hydrogens is 587 g/mol. The summed E-state index contributed by atoms with van der Waals surface area (Å²) in [5, 5.41) is 3.40. The minimum absolute atomic E-state index is 0.0234. The molecule has 3 aromatic carbocycles. The van der Waals surface area contributed by atoms with Crippen molar-refractivity contribution in [3.05, 3.63) is 123 Å². The molecule has 3 aromatic rings. The second kappa shape index (κ2) is 14.2. The highest BCUT2D eigenvalue weighted by molar-refractivity contribution is 6.38. The fourth-order valence-electron chi connectivity index (χ4n) is 4.59. The van der Waals surface area contributed by atoms with Gasteiger partial charge >= 0.3 is 0 Å². The van der Waals surface area contributed by atoms with Crippen LogP contribution in [0.5, 0.6) is 0 Å². The zero-order valence-corrected chi connectivity index (χ0v) is 25.4. The summed E-state index contributed by atoms with van der Waals surface area (Å²) in [6.07, 6.45) is 5.26. The first-order valence-electron chi connectivity index (χ1n) is 13.5. The van der Waals surface area contributed by atoms with Crippen LogP contribution in [0.25, 0.3) is 6.08 Å². The van der Waals surface area contributed by atoms with Gasteiger partial charge in [0.25, 0.3) is 11.8 Å². The molecule has 8 nitrogen and oxygen atoms in total. The van der Waals surface area contributed by atoms with Crippen molar-refractivity contribution in [1.82, 2.24) is 5.32 Å². The van der Waals surface area contributed by atoms with E-state index in [4.69, 9.17) is 33.7 Å². The molecule has 222 valence electrons. The molecule has 0 unspecified atom stereocenters. The molecule has 4 rings (SSSR count). The lowest BCUT2D eigenvalue weighted by atomic mass is 10.0. The topological polar surface area (TPSA) is 105 Å². The van der Waals surface area contributed by atoms with Gasteiger partial charge in [0.2, 0.25) is 5.91 Å². The molecule has 0 bridgehead atoms. The van der Waals surface area contributed by atoms with Crippen molar-refractivity contribution in [2.45, 2.75) is 20.0 Å². The number of hydrogen-bond acceptors (Lipinski definition) is 5. The van der Waals surface area contributed by atoms with E-state index < -0.39 is 0 Å². The molecule has 0 fully saturated rings. The zero-order chi connectivity index (χ0) is 31.1. The Kier molecular flexibility index (Phi) is 10.4. The monoisotopic (exact) mass is 618 g/mol. The van der Waals surface area contributed by atoms with E-state index in [0.29, 0.717) is 46.3 Å². The molecule has 0 saturated heterocycles. The number of benzene rings is 3. The summed E-state index contributed by atoms with van der Waals surface area (Å²) in [7, 11) is 1.59. The molecule has 43 heavy (non-hydrogen) atoms. The highest BCUT2D eigenvalue weighted by atomic mass is 35.5. The van der Waals surface area contributed by atoms with E-state index in [1.165, 1.54) is 11.0 Å². The van der Waals surface area contributed by atoms with Crippen LogP contribution in [0.2, 0.25) is 10.0 Å². The molecule has 0 saturated carbocycles. The standard InChI is InChI=1S/C33H32Cl2N4O4/c1-4-17-37-33(42)23-12-9-22(10-13-23)11-16-30(40)39-21(2)29(18-24-7-5-6-8-27(24)39)43-20-25-26(34)14-15-28(32(25)35)38(3)31(41)19-36/h4-16H,1,17-20,36H2,2-3H3,(H,37,42). The van der Waals surface area contributed by atoms with Crippen LogP contribution in [0.15, 0.2) is 90.9 Å². The van der Waals surface area contributed by atoms with Crippen molar-refractivity contribution < 1.29 is 19.1 Å². The normalized spacial score (nSPS) is 12.6. The van der Waals surface area contributed by atoms with Gasteiger partial charge in [0.1, 0.15) is 12.4 Å². The molecular formula is C33H32Cl2N4O4. The third-order valence-corrected chi connectivity index (χ3v) is 7.78. The van der Waals surface area contributed by atoms with Crippen LogP contribution in [0.1, 0.15) is 34.0 Å². The number of nitrogens with two attached hydrogens (primary N) is 1. The van der Waals surface area contributed by atoms with Gasteiger partial charge in [-0.15, -0.1) is 6.58 Å². The maximum Gasteiger partial charge on any atom is 0.255 e. The predicted octanol–water partition coefficient (Wildman–Crippen LogP) is 5.88. The molecule has 1 heterocycles. The van der Waals surface area contributed by atoms with Crippen LogP contribution >= 0.6 is 23.2 Å². The van der Waals surface area contributed by atoms with Crippen molar-refractivity contribution in [1.29, 1.82) is 0 Å². The molecule has 0 aromatic heterocycles. The number of carbonyl (C=O) groups is 3. The Balaban J connectivity index is 1.57. The fourth-order valence-corrected chi connectivity index (χ4v) is 5.19. The number of rotatable bonds is 10. The van der Waals surface area contributed by atoms with Crippen molar-refractivity contribution >= 4 is 58.4 Å². The first-order valence-corrected chi connectivity index (χ1v) is 14.3. The second-order valence-corrected chi connectivity index (χ2v) is 10.5. The Hall–Kier alpha value is -4.37. The van der Waals surface area contributed by atoms with Crippen LogP contribution < -0.4 is 20.9 Å². The lowest BCUT2D eigenvalue weighted by Crippen LogP contribution is -2.33. The van der Waals surface area contributed by atoms with Crippen molar-refractivity contribution in [2.75, 3.05) is 29.9 Å². The molecule has 0 atom stereocenters. The van der Waals surface area contributed by atoms with Crippen molar-refractivity contribution in [3.63, 3.8) is 0 Å². The Morgan fingerprint density at radius 3 is 2.51 bits per heavy atom. The molecule has 0 aliphatic carbocycles. The van der Waals surface area contributed by atoms with Crippen LogP contribution in [0, 0.1) is 0 Å².